The smallest absolute Gasteiger partial charge is 0.143 e. The van der Waals surface area contributed by atoms with Crippen molar-refractivity contribution in [3.8, 4) is 100 Å². The van der Waals surface area contributed by atoms with Gasteiger partial charge < -0.3 is 4.42 Å². The van der Waals surface area contributed by atoms with Crippen LogP contribution in [0.2, 0.25) is 0 Å². The van der Waals surface area contributed by atoms with Gasteiger partial charge in [-0.2, -0.15) is 0 Å². The van der Waals surface area contributed by atoms with Crippen LogP contribution in [0, 0.1) is 0 Å². The van der Waals surface area contributed by atoms with Crippen LogP contribution >= 0.6 is 0 Å². The highest BCUT2D eigenvalue weighted by Crippen LogP contribution is 2.52. The van der Waals surface area contributed by atoms with E-state index in [4.69, 9.17) is 4.42 Å². The third kappa shape index (κ3) is 7.85. The van der Waals surface area contributed by atoms with Crippen LogP contribution in [0.5, 0.6) is 0 Å². The topological polar surface area (TPSA) is 13.1 Å². The van der Waals surface area contributed by atoms with Crippen molar-refractivity contribution in [2.75, 3.05) is 0 Å². The molecule has 1 aliphatic rings. The Bertz CT molecular complexity index is 5380. The minimum atomic E-state index is -0.111. The SMILES string of the molecule is CC1(C)c2ccccc2-c2ccc(-c3ccc4c(-c5ccccc5)c5ccc(-c6ccc7oc8c(-c9ccc%10c(-c%11ccccc%11)c%11ccccc%11c(-c%11ccccc%11)c%10c9)cccc8c7c6)cc5c(-c5ccc(-c6ccccc6)cc5)c4c3)cc21. The number of hydrogen-bond acceptors (Lipinski definition) is 1. The molecule has 0 aliphatic heterocycles. The van der Waals surface area contributed by atoms with Crippen LogP contribution in [0.25, 0.3) is 165 Å². The molecule has 0 bridgehead atoms. The van der Waals surface area contributed by atoms with E-state index in [0.717, 1.165) is 44.2 Å². The molecule has 1 heterocycles. The van der Waals surface area contributed by atoms with Crippen molar-refractivity contribution in [2.45, 2.75) is 19.3 Å². The molecule has 0 unspecified atom stereocenters. The minimum absolute atomic E-state index is 0.111. The van der Waals surface area contributed by atoms with E-state index in [1.165, 1.54) is 132 Å². The molecule has 0 saturated heterocycles. The first-order chi connectivity index (χ1) is 42.4. The van der Waals surface area contributed by atoms with Crippen LogP contribution < -0.4 is 0 Å². The van der Waals surface area contributed by atoms with E-state index < -0.39 is 0 Å². The summed E-state index contributed by atoms with van der Waals surface area (Å²) < 4.78 is 7.02. The van der Waals surface area contributed by atoms with Crippen molar-refractivity contribution >= 4 is 65.0 Å². The van der Waals surface area contributed by atoms with Gasteiger partial charge in [-0.05, 0) is 185 Å². The summed E-state index contributed by atoms with van der Waals surface area (Å²) in [5.41, 5.74) is 26.1. The Kier molecular flexibility index (Phi) is 11.3. The molecule has 0 radical (unpaired) electrons. The van der Waals surface area contributed by atoms with Gasteiger partial charge in [0.25, 0.3) is 0 Å². The van der Waals surface area contributed by atoms with E-state index in [1.807, 2.05) is 0 Å². The summed E-state index contributed by atoms with van der Waals surface area (Å²) in [6.07, 6.45) is 0. The van der Waals surface area contributed by atoms with Gasteiger partial charge >= 0.3 is 0 Å². The average molecular weight is 1090 g/mol. The lowest BCUT2D eigenvalue weighted by Crippen LogP contribution is -2.14. The van der Waals surface area contributed by atoms with Crippen LogP contribution in [0.1, 0.15) is 25.0 Å². The molecule has 0 N–H and O–H groups in total. The molecule has 16 aromatic rings. The average Bonchev–Trinajstić information content (AvgIpc) is 1.36. The number of hydrogen-bond donors (Lipinski definition) is 0. The number of benzene rings is 15. The Balaban J connectivity index is 0.852. The lowest BCUT2D eigenvalue weighted by atomic mass is 9.81. The van der Waals surface area contributed by atoms with Crippen molar-refractivity contribution < 1.29 is 4.42 Å². The van der Waals surface area contributed by atoms with Gasteiger partial charge in [0.15, 0.2) is 0 Å². The zero-order valence-electron chi connectivity index (χ0n) is 47.8. The third-order valence-electron chi connectivity index (χ3n) is 18.7. The first kappa shape index (κ1) is 49.7. The zero-order chi connectivity index (χ0) is 57.0. The first-order valence-corrected chi connectivity index (χ1v) is 30.0. The summed E-state index contributed by atoms with van der Waals surface area (Å²) in [6, 6.07) is 112. The lowest BCUT2D eigenvalue weighted by Gasteiger charge is -2.22. The fraction of sp³-hybridized carbons (Fsp3) is 0.0353. The van der Waals surface area contributed by atoms with Crippen LogP contribution in [-0.4, -0.2) is 0 Å². The molecular formula is C85H56O. The molecule has 1 aromatic heterocycles. The lowest BCUT2D eigenvalue weighted by molar-refractivity contribution is 0.660. The first-order valence-electron chi connectivity index (χ1n) is 30.0. The van der Waals surface area contributed by atoms with E-state index in [-0.39, 0.29) is 5.41 Å². The maximum atomic E-state index is 7.02. The molecule has 402 valence electrons. The summed E-state index contributed by atoms with van der Waals surface area (Å²) in [6.45, 7) is 4.74. The van der Waals surface area contributed by atoms with Gasteiger partial charge in [0.2, 0.25) is 0 Å². The van der Waals surface area contributed by atoms with Gasteiger partial charge in [-0.15, -0.1) is 0 Å². The minimum Gasteiger partial charge on any atom is -0.455 e. The van der Waals surface area contributed by atoms with Crippen molar-refractivity contribution in [1.29, 1.82) is 0 Å². The summed E-state index contributed by atoms with van der Waals surface area (Å²) in [5.74, 6) is 0. The Morgan fingerprint density at radius 1 is 0.209 bits per heavy atom. The quantitative estimate of drug-likeness (QED) is 0.138. The fourth-order valence-electron chi connectivity index (χ4n) is 14.5. The summed E-state index contributed by atoms with van der Waals surface area (Å²) >= 11 is 0. The number of para-hydroxylation sites is 1. The molecule has 0 atom stereocenters. The summed E-state index contributed by atoms with van der Waals surface area (Å²) in [5, 5.41) is 12.0. The van der Waals surface area contributed by atoms with E-state index in [0.29, 0.717) is 0 Å². The largest absolute Gasteiger partial charge is 0.455 e. The van der Waals surface area contributed by atoms with E-state index in [9.17, 15) is 0 Å². The van der Waals surface area contributed by atoms with Crippen LogP contribution in [-0.2, 0) is 5.41 Å². The molecule has 86 heavy (non-hydrogen) atoms. The predicted octanol–water partition coefficient (Wildman–Crippen LogP) is 23.8. The van der Waals surface area contributed by atoms with Crippen molar-refractivity contribution in [3.63, 3.8) is 0 Å². The van der Waals surface area contributed by atoms with Gasteiger partial charge in [-0.1, -0.05) is 281 Å². The second kappa shape index (κ2) is 19.6. The zero-order valence-corrected chi connectivity index (χ0v) is 47.8. The third-order valence-corrected chi connectivity index (χ3v) is 18.7. The Hall–Kier alpha value is -10.9. The molecule has 17 rings (SSSR count). The maximum Gasteiger partial charge on any atom is 0.143 e. The Labute approximate surface area is 500 Å². The second-order valence-corrected chi connectivity index (χ2v) is 23.8. The monoisotopic (exact) mass is 1090 g/mol. The molecule has 15 aromatic carbocycles. The van der Waals surface area contributed by atoms with E-state index in [2.05, 4.69) is 317 Å². The van der Waals surface area contributed by atoms with Gasteiger partial charge in [-0.25, -0.2) is 0 Å². The highest BCUT2D eigenvalue weighted by atomic mass is 16.3. The molecule has 1 aliphatic carbocycles. The highest BCUT2D eigenvalue weighted by Gasteiger charge is 2.35. The summed E-state index contributed by atoms with van der Waals surface area (Å²) in [4.78, 5) is 0. The van der Waals surface area contributed by atoms with E-state index >= 15 is 0 Å². The van der Waals surface area contributed by atoms with Crippen LogP contribution in [0.3, 0.4) is 0 Å². The van der Waals surface area contributed by atoms with Crippen molar-refractivity contribution in [2.24, 2.45) is 0 Å². The molecule has 1 heteroatoms. The molecule has 0 fully saturated rings. The predicted molar refractivity (Wildman–Crippen MR) is 365 cm³/mol. The van der Waals surface area contributed by atoms with Crippen LogP contribution in [0.4, 0.5) is 0 Å². The van der Waals surface area contributed by atoms with Crippen LogP contribution in [0.15, 0.2) is 308 Å². The van der Waals surface area contributed by atoms with E-state index in [1.54, 1.807) is 0 Å². The molecule has 0 spiro atoms. The second-order valence-electron chi connectivity index (χ2n) is 23.8. The Morgan fingerprint density at radius 3 is 1.14 bits per heavy atom. The Morgan fingerprint density at radius 2 is 0.558 bits per heavy atom. The highest BCUT2D eigenvalue weighted by molar-refractivity contribution is 6.24. The number of fused-ring (bicyclic) bond motifs is 10. The van der Waals surface area contributed by atoms with Crippen molar-refractivity contribution in [1.82, 2.24) is 0 Å². The number of rotatable bonds is 8. The summed E-state index contributed by atoms with van der Waals surface area (Å²) in [7, 11) is 0. The fourth-order valence-corrected chi connectivity index (χ4v) is 14.5. The number of furan rings is 1. The van der Waals surface area contributed by atoms with Gasteiger partial charge in [0.05, 0.1) is 0 Å². The standard InChI is InChI=1S/C85H56O/c1-85(2)77-33-18-17-28-65(77)66-43-38-62(52-78(66)85)60-40-45-70-75(50-60)83(58-36-34-54(35-37-58)53-20-7-3-8-21-53)74-49-59(39-44-69(74)81(70)56-24-11-5-12-25-56)61-42-47-79-73(48-61)72-32-19-31-64(84(72)86-79)63-41-46-71-76(51-63)82(57-26-13-6-14-27-57)68-30-16-15-29-67(68)80(71)55-22-9-4-10-23-55/h3-52H,1-2H3. The molecular weight excluding hydrogens is 1040 g/mol. The van der Waals surface area contributed by atoms with Gasteiger partial charge in [0, 0.05) is 21.8 Å². The normalized spacial score (nSPS) is 12.6. The van der Waals surface area contributed by atoms with Gasteiger partial charge in [0.1, 0.15) is 11.2 Å². The maximum absolute atomic E-state index is 7.02. The van der Waals surface area contributed by atoms with Crippen molar-refractivity contribution in [3.05, 3.63) is 314 Å². The van der Waals surface area contributed by atoms with Gasteiger partial charge in [-0.3, -0.25) is 0 Å². The molecule has 0 amide bonds. The molecule has 1 nitrogen and oxygen atoms in total. The molecule has 0 saturated carbocycles.